The van der Waals surface area contributed by atoms with Crippen LogP contribution in [0.5, 0.6) is 0 Å². The van der Waals surface area contributed by atoms with Crippen LogP contribution in [0.3, 0.4) is 0 Å². The molecule has 0 radical (unpaired) electrons. The Morgan fingerprint density at radius 3 is 3.00 bits per heavy atom. The Morgan fingerprint density at radius 1 is 1.56 bits per heavy atom. The fourth-order valence-electron chi connectivity index (χ4n) is 1.82. The molecule has 16 heavy (non-hydrogen) atoms. The predicted molar refractivity (Wildman–Crippen MR) is 59.5 cm³/mol. The van der Waals surface area contributed by atoms with Crippen LogP contribution in [-0.4, -0.2) is 27.5 Å². The average Bonchev–Trinajstić information content (AvgIpc) is 2.75. The van der Waals surface area contributed by atoms with Crippen molar-refractivity contribution in [1.29, 1.82) is 0 Å². The summed E-state index contributed by atoms with van der Waals surface area (Å²) < 4.78 is 31.3. The largest absolute Gasteiger partial charge is 0.452 e. The minimum absolute atomic E-state index is 0.0229. The first-order valence-corrected chi connectivity index (χ1v) is 6.84. The van der Waals surface area contributed by atoms with E-state index in [1.54, 1.807) is 6.07 Å². The maximum atomic E-state index is 11.9. The first-order chi connectivity index (χ1) is 7.59. The lowest BCUT2D eigenvalue weighted by atomic mass is 9.96. The molecule has 90 valence electrons. The highest BCUT2D eigenvalue weighted by molar-refractivity contribution is 7.89. The van der Waals surface area contributed by atoms with Gasteiger partial charge >= 0.3 is 0 Å². The van der Waals surface area contributed by atoms with Crippen LogP contribution >= 0.6 is 0 Å². The molecule has 2 heterocycles. The van der Waals surface area contributed by atoms with E-state index in [-0.39, 0.29) is 11.1 Å². The number of rotatable bonds is 3. The smallest absolute Gasteiger partial charge is 0.274 e. The zero-order valence-electron chi connectivity index (χ0n) is 9.14. The van der Waals surface area contributed by atoms with Crippen molar-refractivity contribution in [2.75, 3.05) is 13.1 Å². The third-order valence-corrected chi connectivity index (χ3v) is 4.27. The van der Waals surface area contributed by atoms with Gasteiger partial charge in [-0.25, -0.2) is 13.1 Å². The van der Waals surface area contributed by atoms with Gasteiger partial charge in [-0.2, -0.15) is 0 Å². The first kappa shape index (κ1) is 11.6. The van der Waals surface area contributed by atoms with Crippen molar-refractivity contribution in [3.05, 3.63) is 18.4 Å². The molecule has 0 amide bonds. The van der Waals surface area contributed by atoms with E-state index in [4.69, 9.17) is 4.42 Å². The van der Waals surface area contributed by atoms with E-state index in [0.717, 1.165) is 13.0 Å². The SMILES string of the molecule is CC1CCNCC1NS(=O)(=O)c1ccco1. The van der Waals surface area contributed by atoms with Gasteiger partial charge < -0.3 is 9.73 Å². The highest BCUT2D eigenvalue weighted by Gasteiger charge is 2.27. The number of piperidine rings is 1. The lowest BCUT2D eigenvalue weighted by molar-refractivity contribution is 0.324. The van der Waals surface area contributed by atoms with E-state index in [9.17, 15) is 8.42 Å². The van der Waals surface area contributed by atoms with Gasteiger partial charge in [0, 0.05) is 12.6 Å². The van der Waals surface area contributed by atoms with E-state index in [0.29, 0.717) is 12.5 Å². The van der Waals surface area contributed by atoms with Gasteiger partial charge in [0.1, 0.15) is 0 Å². The Kier molecular flexibility index (Phi) is 3.32. The van der Waals surface area contributed by atoms with Crippen molar-refractivity contribution < 1.29 is 12.8 Å². The van der Waals surface area contributed by atoms with Gasteiger partial charge in [-0.1, -0.05) is 6.92 Å². The zero-order chi connectivity index (χ0) is 11.6. The molecule has 2 atom stereocenters. The first-order valence-electron chi connectivity index (χ1n) is 5.36. The third-order valence-electron chi connectivity index (χ3n) is 2.89. The fraction of sp³-hybridized carbons (Fsp3) is 0.600. The molecule has 5 nitrogen and oxygen atoms in total. The minimum atomic E-state index is -3.51. The lowest BCUT2D eigenvalue weighted by Crippen LogP contribution is -2.50. The van der Waals surface area contributed by atoms with E-state index in [1.165, 1.54) is 12.3 Å². The molecule has 1 aliphatic heterocycles. The van der Waals surface area contributed by atoms with Crippen LogP contribution in [0, 0.1) is 5.92 Å². The molecule has 0 saturated carbocycles. The highest BCUT2D eigenvalue weighted by Crippen LogP contribution is 2.15. The van der Waals surface area contributed by atoms with Gasteiger partial charge in [-0.05, 0) is 31.0 Å². The Hall–Kier alpha value is -0.850. The Labute approximate surface area is 95.3 Å². The van der Waals surface area contributed by atoms with E-state index < -0.39 is 10.0 Å². The summed E-state index contributed by atoms with van der Waals surface area (Å²) in [5.41, 5.74) is 0. The molecule has 1 aliphatic rings. The quantitative estimate of drug-likeness (QED) is 0.815. The van der Waals surface area contributed by atoms with Crippen molar-refractivity contribution in [2.45, 2.75) is 24.5 Å². The van der Waals surface area contributed by atoms with Crippen LogP contribution < -0.4 is 10.0 Å². The summed E-state index contributed by atoms with van der Waals surface area (Å²) in [6.45, 7) is 3.66. The number of hydrogen-bond acceptors (Lipinski definition) is 4. The molecule has 0 aromatic carbocycles. The van der Waals surface area contributed by atoms with Crippen LogP contribution in [0.25, 0.3) is 0 Å². The number of sulfonamides is 1. The molecule has 6 heteroatoms. The highest BCUT2D eigenvalue weighted by atomic mass is 32.2. The standard InChI is InChI=1S/C10H16N2O3S/c1-8-4-5-11-7-9(8)12-16(13,14)10-3-2-6-15-10/h2-3,6,8-9,11-12H,4-5,7H2,1H3. The lowest BCUT2D eigenvalue weighted by Gasteiger charge is -2.29. The molecular formula is C10H16N2O3S. The summed E-state index contributed by atoms with van der Waals surface area (Å²) in [6, 6.07) is 2.95. The van der Waals surface area contributed by atoms with Crippen LogP contribution in [-0.2, 0) is 10.0 Å². The molecular weight excluding hydrogens is 228 g/mol. The summed E-state index contributed by atoms with van der Waals surface area (Å²) >= 11 is 0. The van der Waals surface area contributed by atoms with E-state index in [1.807, 2.05) is 0 Å². The number of nitrogens with one attached hydrogen (secondary N) is 2. The van der Waals surface area contributed by atoms with Crippen molar-refractivity contribution in [2.24, 2.45) is 5.92 Å². The monoisotopic (exact) mass is 244 g/mol. The second-order valence-corrected chi connectivity index (χ2v) is 5.77. The van der Waals surface area contributed by atoms with Crippen molar-refractivity contribution in [3.63, 3.8) is 0 Å². The Morgan fingerprint density at radius 2 is 2.38 bits per heavy atom. The fourth-order valence-corrected chi connectivity index (χ4v) is 3.09. The summed E-state index contributed by atoms with van der Waals surface area (Å²) in [5, 5.41) is 3.15. The summed E-state index contributed by atoms with van der Waals surface area (Å²) in [4.78, 5) is 0. The number of hydrogen-bond donors (Lipinski definition) is 2. The summed E-state index contributed by atoms with van der Waals surface area (Å²) in [5.74, 6) is 0.339. The molecule has 1 fully saturated rings. The van der Waals surface area contributed by atoms with E-state index in [2.05, 4.69) is 17.0 Å². The van der Waals surface area contributed by atoms with Gasteiger partial charge in [-0.3, -0.25) is 0 Å². The van der Waals surface area contributed by atoms with Gasteiger partial charge in [0.2, 0.25) is 5.09 Å². The molecule has 0 aliphatic carbocycles. The minimum Gasteiger partial charge on any atom is -0.452 e. The zero-order valence-corrected chi connectivity index (χ0v) is 9.96. The summed E-state index contributed by atoms with van der Waals surface area (Å²) in [6.07, 6.45) is 2.34. The molecule has 1 saturated heterocycles. The van der Waals surface area contributed by atoms with Gasteiger partial charge in [0.25, 0.3) is 10.0 Å². The normalized spacial score (nSPS) is 26.8. The van der Waals surface area contributed by atoms with Crippen molar-refractivity contribution in [3.8, 4) is 0 Å². The van der Waals surface area contributed by atoms with Gasteiger partial charge in [0.05, 0.1) is 6.26 Å². The van der Waals surface area contributed by atoms with Crippen molar-refractivity contribution >= 4 is 10.0 Å². The second-order valence-electron chi connectivity index (χ2n) is 4.13. The summed E-state index contributed by atoms with van der Waals surface area (Å²) in [7, 11) is -3.51. The van der Waals surface area contributed by atoms with Gasteiger partial charge in [-0.15, -0.1) is 0 Å². The van der Waals surface area contributed by atoms with Crippen LogP contribution in [0.2, 0.25) is 0 Å². The van der Waals surface area contributed by atoms with Gasteiger partial charge in [0.15, 0.2) is 0 Å². The molecule has 0 bridgehead atoms. The van der Waals surface area contributed by atoms with Crippen LogP contribution in [0.4, 0.5) is 0 Å². The third kappa shape index (κ3) is 2.45. The molecule has 1 aromatic heterocycles. The number of furan rings is 1. The molecule has 2 rings (SSSR count). The molecule has 1 aromatic rings. The second kappa shape index (κ2) is 4.57. The Bertz CT molecular complexity index is 427. The van der Waals surface area contributed by atoms with Crippen LogP contribution in [0.15, 0.2) is 27.9 Å². The molecule has 0 spiro atoms. The maximum Gasteiger partial charge on any atom is 0.274 e. The molecule has 2 unspecified atom stereocenters. The predicted octanol–water partition coefficient (Wildman–Crippen LogP) is 0.556. The maximum absolute atomic E-state index is 11.9. The Balaban J connectivity index is 2.09. The molecule has 2 N–H and O–H groups in total. The van der Waals surface area contributed by atoms with E-state index >= 15 is 0 Å². The topological polar surface area (TPSA) is 71.3 Å². The van der Waals surface area contributed by atoms with Crippen LogP contribution in [0.1, 0.15) is 13.3 Å². The van der Waals surface area contributed by atoms with Crippen molar-refractivity contribution in [1.82, 2.24) is 10.0 Å². The average molecular weight is 244 g/mol.